The highest BCUT2D eigenvalue weighted by atomic mass is 32.2. The van der Waals surface area contributed by atoms with Crippen molar-refractivity contribution in [2.24, 2.45) is 0 Å². The van der Waals surface area contributed by atoms with E-state index in [1.807, 2.05) is 11.0 Å². The number of carboxylic acid groups (broad SMARTS) is 1. The van der Waals surface area contributed by atoms with E-state index in [1.165, 1.54) is 0 Å². The van der Waals surface area contributed by atoms with Crippen LogP contribution in [0.5, 0.6) is 0 Å². The Morgan fingerprint density at radius 1 is 1.26 bits per heavy atom. The highest BCUT2D eigenvalue weighted by Crippen LogP contribution is 2.31. The average molecular weight is 277 g/mol. The first kappa shape index (κ1) is 12.5. The van der Waals surface area contributed by atoms with E-state index in [9.17, 15) is 9.59 Å². The van der Waals surface area contributed by atoms with E-state index in [4.69, 9.17) is 5.11 Å². The molecule has 1 amide bonds. The lowest BCUT2D eigenvalue weighted by molar-refractivity contribution is -0.131. The fourth-order valence-electron chi connectivity index (χ4n) is 2.66. The first-order valence-electron chi connectivity index (χ1n) is 6.40. The van der Waals surface area contributed by atoms with Gasteiger partial charge < -0.3 is 10.0 Å². The summed E-state index contributed by atoms with van der Waals surface area (Å²) in [7, 11) is 0. The maximum Gasteiger partial charge on any atom is 0.335 e. The van der Waals surface area contributed by atoms with Crippen LogP contribution in [0.3, 0.4) is 0 Å². The van der Waals surface area contributed by atoms with Crippen LogP contribution in [-0.4, -0.2) is 32.9 Å². The van der Waals surface area contributed by atoms with Crippen LogP contribution in [0.15, 0.2) is 18.2 Å². The molecular formula is C14H15NO3S. The third-order valence-electron chi connectivity index (χ3n) is 3.69. The molecule has 5 heteroatoms. The Kier molecular flexibility index (Phi) is 3.22. The van der Waals surface area contributed by atoms with Crippen LogP contribution in [0.1, 0.15) is 34.3 Å². The van der Waals surface area contributed by atoms with Crippen molar-refractivity contribution in [2.45, 2.75) is 31.2 Å². The maximum absolute atomic E-state index is 12.3. The number of carboxylic acids is 1. The average Bonchev–Trinajstić information content (AvgIpc) is 3.06. The smallest absolute Gasteiger partial charge is 0.335 e. The molecule has 1 N–H and O–H groups in total. The van der Waals surface area contributed by atoms with Crippen LogP contribution in [0.25, 0.3) is 0 Å². The van der Waals surface area contributed by atoms with Gasteiger partial charge in [-0.05, 0) is 41.9 Å². The van der Waals surface area contributed by atoms with Crippen LogP contribution in [0, 0.1) is 0 Å². The van der Waals surface area contributed by atoms with Gasteiger partial charge >= 0.3 is 5.97 Å². The van der Waals surface area contributed by atoms with Gasteiger partial charge in [-0.1, -0.05) is 6.07 Å². The van der Waals surface area contributed by atoms with Crippen LogP contribution in [0.4, 0.5) is 0 Å². The summed E-state index contributed by atoms with van der Waals surface area (Å²) < 4.78 is 0. The van der Waals surface area contributed by atoms with E-state index in [0.29, 0.717) is 18.7 Å². The van der Waals surface area contributed by atoms with Gasteiger partial charge in [-0.25, -0.2) is 4.79 Å². The molecule has 2 heterocycles. The highest BCUT2D eigenvalue weighted by molar-refractivity contribution is 8.00. The van der Waals surface area contributed by atoms with E-state index in [-0.39, 0.29) is 11.2 Å². The minimum absolute atomic E-state index is 0.105. The highest BCUT2D eigenvalue weighted by Gasteiger charge is 2.31. The Balaban J connectivity index is 1.76. The van der Waals surface area contributed by atoms with Crippen LogP contribution in [0.2, 0.25) is 0 Å². The van der Waals surface area contributed by atoms with Crippen LogP contribution in [-0.2, 0) is 17.9 Å². The van der Waals surface area contributed by atoms with Crippen molar-refractivity contribution in [2.75, 3.05) is 5.75 Å². The molecule has 1 fully saturated rings. The number of fused-ring (bicyclic) bond motifs is 1. The Labute approximate surface area is 115 Å². The lowest BCUT2D eigenvalue weighted by atomic mass is 10.1. The Morgan fingerprint density at radius 2 is 2.05 bits per heavy atom. The zero-order chi connectivity index (χ0) is 13.4. The van der Waals surface area contributed by atoms with Crippen molar-refractivity contribution in [3.63, 3.8) is 0 Å². The summed E-state index contributed by atoms with van der Waals surface area (Å²) in [6, 6.07) is 5.13. The predicted molar refractivity (Wildman–Crippen MR) is 73.1 cm³/mol. The van der Waals surface area contributed by atoms with Gasteiger partial charge in [-0.2, -0.15) is 0 Å². The van der Waals surface area contributed by atoms with Crippen molar-refractivity contribution in [1.29, 1.82) is 0 Å². The SMILES string of the molecule is O=C(O)c1ccc2c(c1)CN(C(=O)C1CCCS1)C2. The number of aromatic carboxylic acids is 1. The van der Waals surface area contributed by atoms with E-state index in [2.05, 4.69) is 0 Å². The molecule has 1 aromatic carbocycles. The Hall–Kier alpha value is -1.49. The molecule has 19 heavy (non-hydrogen) atoms. The second kappa shape index (κ2) is 4.89. The largest absolute Gasteiger partial charge is 0.478 e. The van der Waals surface area contributed by atoms with Crippen molar-refractivity contribution in [1.82, 2.24) is 4.90 Å². The zero-order valence-corrected chi connectivity index (χ0v) is 11.3. The molecule has 0 aliphatic carbocycles. The third-order valence-corrected chi connectivity index (χ3v) is 5.06. The predicted octanol–water partition coefficient (Wildman–Crippen LogP) is 2.12. The van der Waals surface area contributed by atoms with E-state index < -0.39 is 5.97 Å². The molecular weight excluding hydrogens is 262 g/mol. The Bertz CT molecular complexity index is 537. The second-order valence-corrected chi connectivity index (χ2v) is 6.30. The van der Waals surface area contributed by atoms with Gasteiger partial charge in [0, 0.05) is 13.1 Å². The topological polar surface area (TPSA) is 57.6 Å². The number of hydrogen-bond acceptors (Lipinski definition) is 3. The summed E-state index contributed by atoms with van der Waals surface area (Å²) in [5, 5.41) is 9.08. The van der Waals surface area contributed by atoms with Gasteiger partial charge in [0.25, 0.3) is 0 Å². The number of nitrogens with zero attached hydrogens (tertiary/aromatic N) is 1. The summed E-state index contributed by atoms with van der Waals surface area (Å²) in [6.07, 6.45) is 2.09. The normalized spacial score (nSPS) is 21.5. The number of amides is 1. The Morgan fingerprint density at radius 3 is 2.74 bits per heavy atom. The van der Waals surface area contributed by atoms with Gasteiger partial charge in [0.05, 0.1) is 10.8 Å². The van der Waals surface area contributed by atoms with Crippen LogP contribution < -0.4 is 0 Å². The molecule has 3 rings (SSSR count). The molecule has 4 nitrogen and oxygen atoms in total. The minimum atomic E-state index is -0.918. The van der Waals surface area contributed by atoms with E-state index in [0.717, 1.165) is 29.7 Å². The molecule has 100 valence electrons. The third kappa shape index (κ3) is 2.34. The number of rotatable bonds is 2. The van der Waals surface area contributed by atoms with Gasteiger partial charge in [-0.15, -0.1) is 11.8 Å². The lowest BCUT2D eigenvalue weighted by Crippen LogP contribution is -2.32. The number of benzene rings is 1. The number of thioether (sulfide) groups is 1. The fraction of sp³-hybridized carbons (Fsp3) is 0.429. The summed E-state index contributed by atoms with van der Waals surface area (Å²) in [5.41, 5.74) is 2.33. The summed E-state index contributed by atoms with van der Waals surface area (Å²) >= 11 is 1.74. The fourth-order valence-corrected chi connectivity index (χ4v) is 3.90. The second-order valence-electron chi connectivity index (χ2n) is 4.98. The molecule has 0 spiro atoms. The van der Waals surface area contributed by atoms with E-state index >= 15 is 0 Å². The molecule has 1 aromatic rings. The molecule has 2 aliphatic heterocycles. The first-order valence-corrected chi connectivity index (χ1v) is 7.45. The van der Waals surface area contributed by atoms with Gasteiger partial charge in [-0.3, -0.25) is 4.79 Å². The summed E-state index contributed by atoms with van der Waals surface area (Å²) in [4.78, 5) is 25.1. The van der Waals surface area contributed by atoms with Crippen LogP contribution >= 0.6 is 11.8 Å². The van der Waals surface area contributed by atoms with Crippen molar-refractivity contribution >= 4 is 23.6 Å². The molecule has 1 saturated heterocycles. The zero-order valence-electron chi connectivity index (χ0n) is 10.5. The maximum atomic E-state index is 12.3. The van der Waals surface area contributed by atoms with Crippen molar-refractivity contribution in [3.8, 4) is 0 Å². The van der Waals surface area contributed by atoms with Gasteiger partial charge in [0.1, 0.15) is 0 Å². The molecule has 0 bridgehead atoms. The van der Waals surface area contributed by atoms with E-state index in [1.54, 1.807) is 23.9 Å². The van der Waals surface area contributed by atoms with Gasteiger partial charge in [0.15, 0.2) is 0 Å². The monoisotopic (exact) mass is 277 g/mol. The molecule has 1 atom stereocenters. The number of carbonyl (C=O) groups is 2. The molecule has 0 saturated carbocycles. The first-order chi connectivity index (χ1) is 9.15. The molecule has 0 radical (unpaired) electrons. The van der Waals surface area contributed by atoms with Crippen molar-refractivity contribution < 1.29 is 14.7 Å². The molecule has 0 aromatic heterocycles. The quantitative estimate of drug-likeness (QED) is 0.899. The minimum Gasteiger partial charge on any atom is -0.478 e. The van der Waals surface area contributed by atoms with Crippen molar-refractivity contribution in [3.05, 3.63) is 34.9 Å². The lowest BCUT2D eigenvalue weighted by Gasteiger charge is -2.19. The summed E-state index contributed by atoms with van der Waals surface area (Å²) in [5.74, 6) is 0.356. The summed E-state index contributed by atoms with van der Waals surface area (Å²) in [6.45, 7) is 1.16. The molecule has 2 aliphatic rings. The number of hydrogen-bond donors (Lipinski definition) is 1. The molecule has 1 unspecified atom stereocenters. The number of carbonyl (C=O) groups excluding carboxylic acids is 1. The van der Waals surface area contributed by atoms with Gasteiger partial charge in [0.2, 0.25) is 5.91 Å². The standard InChI is InChI=1S/C14H15NO3S/c16-13(12-2-1-5-19-12)15-7-10-4-3-9(14(17)18)6-11(10)8-15/h3-4,6,12H,1-2,5,7-8H2,(H,17,18).